The molecule has 1 rings (SSSR count). The SMILES string of the molecule is CCCC(=N)c1ccc(N)c(=S)[nH]1. The highest BCUT2D eigenvalue weighted by atomic mass is 32.1. The summed E-state index contributed by atoms with van der Waals surface area (Å²) in [5, 5.41) is 7.68. The molecule has 13 heavy (non-hydrogen) atoms. The number of rotatable bonds is 3. The minimum Gasteiger partial charge on any atom is -0.396 e. The molecule has 0 aliphatic carbocycles. The van der Waals surface area contributed by atoms with E-state index in [1.165, 1.54) is 0 Å². The highest BCUT2D eigenvalue weighted by molar-refractivity contribution is 7.71. The number of H-pyrrole nitrogens is 1. The zero-order valence-electron chi connectivity index (χ0n) is 7.55. The Labute approximate surface area is 82.5 Å². The van der Waals surface area contributed by atoms with Crippen LogP contribution in [0.3, 0.4) is 0 Å². The van der Waals surface area contributed by atoms with Crippen molar-refractivity contribution in [3.05, 3.63) is 22.5 Å². The second-order valence-electron chi connectivity index (χ2n) is 2.89. The van der Waals surface area contributed by atoms with E-state index in [0.717, 1.165) is 18.5 Å². The molecule has 1 aromatic rings. The molecule has 0 spiro atoms. The Bertz CT molecular complexity index is 367. The van der Waals surface area contributed by atoms with Crippen LogP contribution in [-0.2, 0) is 0 Å². The average Bonchev–Trinajstić information content (AvgIpc) is 2.10. The van der Waals surface area contributed by atoms with Gasteiger partial charge in [0.1, 0.15) is 4.64 Å². The smallest absolute Gasteiger partial charge is 0.126 e. The fourth-order valence-corrected chi connectivity index (χ4v) is 1.22. The minimum atomic E-state index is 0.512. The maximum Gasteiger partial charge on any atom is 0.126 e. The van der Waals surface area contributed by atoms with Crippen LogP contribution >= 0.6 is 12.2 Å². The number of nitrogens with two attached hydrogens (primary N) is 1. The molecule has 1 aromatic heterocycles. The second kappa shape index (κ2) is 4.18. The number of aromatic nitrogens is 1. The van der Waals surface area contributed by atoms with Crippen LogP contribution < -0.4 is 5.73 Å². The van der Waals surface area contributed by atoms with E-state index < -0.39 is 0 Å². The van der Waals surface area contributed by atoms with Gasteiger partial charge in [-0.2, -0.15) is 0 Å². The van der Waals surface area contributed by atoms with Crippen LogP contribution in [0.4, 0.5) is 5.69 Å². The Hall–Kier alpha value is -1.16. The molecule has 0 aliphatic rings. The summed E-state index contributed by atoms with van der Waals surface area (Å²) in [4.78, 5) is 2.93. The van der Waals surface area contributed by atoms with Gasteiger partial charge in [-0.3, -0.25) is 0 Å². The molecule has 0 saturated carbocycles. The van der Waals surface area contributed by atoms with Gasteiger partial charge in [0.05, 0.1) is 17.1 Å². The monoisotopic (exact) mass is 195 g/mol. The third kappa shape index (κ3) is 2.39. The molecule has 0 radical (unpaired) electrons. The lowest BCUT2D eigenvalue weighted by Gasteiger charge is -2.03. The van der Waals surface area contributed by atoms with E-state index in [1.54, 1.807) is 12.1 Å². The van der Waals surface area contributed by atoms with E-state index in [0.29, 0.717) is 16.0 Å². The molecule has 4 heteroatoms. The highest BCUT2D eigenvalue weighted by Gasteiger charge is 2.00. The number of hydrogen-bond donors (Lipinski definition) is 3. The maximum absolute atomic E-state index is 7.68. The first-order valence-corrected chi connectivity index (χ1v) is 4.62. The van der Waals surface area contributed by atoms with Crippen molar-refractivity contribution in [2.45, 2.75) is 19.8 Å². The lowest BCUT2D eigenvalue weighted by Crippen LogP contribution is -2.02. The first-order valence-electron chi connectivity index (χ1n) is 4.21. The Morgan fingerprint density at radius 3 is 2.85 bits per heavy atom. The first-order chi connectivity index (χ1) is 6.15. The van der Waals surface area contributed by atoms with Gasteiger partial charge in [-0.1, -0.05) is 25.6 Å². The van der Waals surface area contributed by atoms with E-state index in [1.807, 2.05) is 6.92 Å². The van der Waals surface area contributed by atoms with Crippen molar-refractivity contribution in [3.8, 4) is 0 Å². The number of aromatic amines is 1. The Morgan fingerprint density at radius 1 is 1.62 bits per heavy atom. The molecule has 0 aliphatic heterocycles. The number of anilines is 1. The van der Waals surface area contributed by atoms with Crippen molar-refractivity contribution >= 4 is 23.6 Å². The predicted octanol–water partition coefficient (Wildman–Crippen LogP) is 2.49. The standard InChI is InChI=1S/C9H13N3S/c1-2-3-6(10)8-5-4-7(11)9(13)12-8/h4-5,10H,2-3,11H2,1H3,(H,12,13). The van der Waals surface area contributed by atoms with E-state index in [4.69, 9.17) is 23.4 Å². The van der Waals surface area contributed by atoms with Gasteiger partial charge in [-0.25, -0.2) is 0 Å². The van der Waals surface area contributed by atoms with Crippen molar-refractivity contribution in [2.75, 3.05) is 5.73 Å². The summed E-state index contributed by atoms with van der Waals surface area (Å²) in [7, 11) is 0. The molecule has 0 atom stereocenters. The molecule has 0 aromatic carbocycles. The number of pyridine rings is 1. The second-order valence-corrected chi connectivity index (χ2v) is 3.29. The summed E-state index contributed by atoms with van der Waals surface area (Å²) in [5.41, 5.74) is 7.46. The topological polar surface area (TPSA) is 65.7 Å². The van der Waals surface area contributed by atoms with Gasteiger partial charge in [-0.15, -0.1) is 0 Å². The van der Waals surface area contributed by atoms with Gasteiger partial charge in [0.25, 0.3) is 0 Å². The first kappa shape index (κ1) is 9.92. The lowest BCUT2D eigenvalue weighted by atomic mass is 10.1. The van der Waals surface area contributed by atoms with Crippen molar-refractivity contribution in [1.29, 1.82) is 5.41 Å². The van der Waals surface area contributed by atoms with Gasteiger partial charge in [0, 0.05) is 0 Å². The van der Waals surface area contributed by atoms with Crippen LogP contribution in [0.2, 0.25) is 0 Å². The molecule has 0 amide bonds. The van der Waals surface area contributed by atoms with Crippen LogP contribution in [0, 0.1) is 10.0 Å². The highest BCUT2D eigenvalue weighted by Crippen LogP contribution is 2.07. The molecule has 4 N–H and O–H groups in total. The van der Waals surface area contributed by atoms with Crippen LogP contribution in [-0.4, -0.2) is 10.7 Å². The summed E-state index contributed by atoms with van der Waals surface area (Å²) >= 11 is 4.97. The van der Waals surface area contributed by atoms with Gasteiger partial charge < -0.3 is 16.1 Å². The molecule has 0 bridgehead atoms. The molecule has 3 nitrogen and oxygen atoms in total. The Morgan fingerprint density at radius 2 is 2.31 bits per heavy atom. The molecular weight excluding hydrogens is 182 g/mol. The van der Waals surface area contributed by atoms with Gasteiger partial charge in [0.2, 0.25) is 0 Å². The lowest BCUT2D eigenvalue weighted by molar-refractivity contribution is 0.979. The molecule has 1 heterocycles. The van der Waals surface area contributed by atoms with Gasteiger partial charge >= 0.3 is 0 Å². The third-order valence-electron chi connectivity index (χ3n) is 1.77. The third-order valence-corrected chi connectivity index (χ3v) is 2.10. The summed E-state index contributed by atoms with van der Waals surface area (Å²) in [5.74, 6) is 0. The average molecular weight is 195 g/mol. The van der Waals surface area contributed by atoms with Crippen LogP contribution in [0.5, 0.6) is 0 Å². The van der Waals surface area contributed by atoms with E-state index in [9.17, 15) is 0 Å². The minimum absolute atomic E-state index is 0.512. The summed E-state index contributed by atoms with van der Waals surface area (Å²) in [6.45, 7) is 2.04. The number of nitrogen functional groups attached to an aromatic ring is 1. The van der Waals surface area contributed by atoms with Crippen molar-refractivity contribution < 1.29 is 0 Å². The van der Waals surface area contributed by atoms with Gasteiger partial charge in [-0.05, 0) is 18.6 Å². The number of hydrogen-bond acceptors (Lipinski definition) is 3. The largest absolute Gasteiger partial charge is 0.396 e. The van der Waals surface area contributed by atoms with E-state index >= 15 is 0 Å². The molecule has 0 saturated heterocycles. The summed E-state index contributed by atoms with van der Waals surface area (Å²) < 4.78 is 0.512. The predicted molar refractivity (Wildman–Crippen MR) is 57.8 cm³/mol. The zero-order valence-corrected chi connectivity index (χ0v) is 8.37. The summed E-state index contributed by atoms with van der Waals surface area (Å²) in [6.07, 6.45) is 1.72. The van der Waals surface area contributed by atoms with Crippen LogP contribution in [0.15, 0.2) is 12.1 Å². The zero-order chi connectivity index (χ0) is 9.84. The molecule has 0 fully saturated rings. The van der Waals surface area contributed by atoms with Crippen LogP contribution in [0.25, 0.3) is 0 Å². The quantitative estimate of drug-likeness (QED) is 0.512. The molecular formula is C9H13N3S. The summed E-state index contributed by atoms with van der Waals surface area (Å²) in [6, 6.07) is 3.53. The fraction of sp³-hybridized carbons (Fsp3) is 0.333. The number of nitrogens with one attached hydrogen (secondary N) is 2. The molecule has 70 valence electrons. The van der Waals surface area contributed by atoms with Crippen molar-refractivity contribution in [2.24, 2.45) is 0 Å². The molecule has 0 unspecified atom stereocenters. The van der Waals surface area contributed by atoms with Gasteiger partial charge in [0.15, 0.2) is 0 Å². The van der Waals surface area contributed by atoms with E-state index in [2.05, 4.69) is 4.98 Å². The van der Waals surface area contributed by atoms with Crippen molar-refractivity contribution in [3.63, 3.8) is 0 Å². The maximum atomic E-state index is 7.68. The van der Waals surface area contributed by atoms with E-state index in [-0.39, 0.29) is 0 Å². The van der Waals surface area contributed by atoms with Crippen molar-refractivity contribution in [1.82, 2.24) is 4.98 Å². The fourth-order valence-electron chi connectivity index (χ4n) is 1.05. The Balaban J connectivity index is 2.97. The van der Waals surface area contributed by atoms with Crippen LogP contribution in [0.1, 0.15) is 25.5 Å². The normalized spacial score (nSPS) is 9.92. The Kier molecular flexibility index (Phi) is 3.19.